The van der Waals surface area contributed by atoms with Gasteiger partial charge in [0.05, 0.1) is 5.69 Å². The maximum atomic E-state index is 4.32. The number of anilines is 3. The van der Waals surface area contributed by atoms with Gasteiger partial charge in [-0.1, -0.05) is 177 Å². The lowest BCUT2D eigenvalue weighted by atomic mass is 9.84. The molecule has 0 saturated carbocycles. The van der Waals surface area contributed by atoms with Crippen LogP contribution in [0, 0.1) is 0 Å². The van der Waals surface area contributed by atoms with E-state index in [1.807, 2.05) is 6.08 Å². The molecule has 0 bridgehead atoms. The fourth-order valence-corrected chi connectivity index (χ4v) is 8.56. The molecule has 57 heavy (non-hydrogen) atoms. The molecule has 0 aliphatic heterocycles. The standard InChI is InChI=1S/C56H47N/c1-2-42(25-16-19-41-17-6-3-7-18-41)52-38-37-50(40-55(52)47-31-29-45(30-32-47)43-20-8-4-9-21-43)57(49-35-33-46(34-36-49)44-22-10-5-11-23-44)56-39-48-24-12-13-26-51(48)53-27-14-15-28-54(53)56/h2-4,6-8,10,12-20,22-29,31,33-40H,1,5,9,11,21,30,32H2/b19-16+,42-25+. The molecule has 0 aromatic heterocycles. The number of hydrogen-bond acceptors (Lipinski definition) is 1. The summed E-state index contributed by atoms with van der Waals surface area (Å²) in [5.74, 6) is 0. The third-order valence-electron chi connectivity index (χ3n) is 11.5. The first kappa shape index (κ1) is 36.0. The fourth-order valence-electron chi connectivity index (χ4n) is 8.56. The molecule has 1 heteroatoms. The Kier molecular flexibility index (Phi) is 10.5. The zero-order chi connectivity index (χ0) is 38.4. The van der Waals surface area contributed by atoms with E-state index in [1.165, 1.54) is 66.1 Å². The molecule has 0 saturated heterocycles. The van der Waals surface area contributed by atoms with Crippen molar-refractivity contribution in [2.45, 2.75) is 38.5 Å². The summed E-state index contributed by atoms with van der Waals surface area (Å²) in [4.78, 5) is 2.47. The third kappa shape index (κ3) is 7.62. The fraction of sp³-hybridized carbons (Fsp3) is 0.107. The number of benzene rings is 6. The van der Waals surface area contributed by atoms with Crippen LogP contribution in [0.5, 0.6) is 0 Å². The van der Waals surface area contributed by atoms with Crippen molar-refractivity contribution in [2.75, 3.05) is 4.90 Å². The molecule has 0 N–H and O–H groups in total. The molecule has 0 spiro atoms. The van der Waals surface area contributed by atoms with Gasteiger partial charge in [-0.05, 0) is 135 Å². The summed E-state index contributed by atoms with van der Waals surface area (Å²) in [7, 11) is 0. The summed E-state index contributed by atoms with van der Waals surface area (Å²) in [5.41, 5.74) is 14.9. The smallest absolute Gasteiger partial charge is 0.0546 e. The molecular formula is C56H47N. The second kappa shape index (κ2) is 16.6. The quantitative estimate of drug-likeness (QED) is 0.100. The minimum absolute atomic E-state index is 0.976. The van der Waals surface area contributed by atoms with E-state index in [4.69, 9.17) is 0 Å². The Bertz CT molecular complexity index is 2720. The molecule has 6 aromatic rings. The van der Waals surface area contributed by atoms with E-state index < -0.39 is 0 Å². The highest BCUT2D eigenvalue weighted by Crippen LogP contribution is 2.45. The van der Waals surface area contributed by atoms with Gasteiger partial charge in [-0.2, -0.15) is 0 Å². The maximum Gasteiger partial charge on any atom is 0.0546 e. The van der Waals surface area contributed by atoms with Crippen LogP contribution in [0.15, 0.2) is 212 Å². The lowest BCUT2D eigenvalue weighted by Crippen LogP contribution is -2.12. The molecule has 0 unspecified atom stereocenters. The Labute approximate surface area is 337 Å². The Morgan fingerprint density at radius 3 is 2.09 bits per heavy atom. The van der Waals surface area contributed by atoms with E-state index >= 15 is 0 Å². The summed E-state index contributed by atoms with van der Waals surface area (Å²) in [6.07, 6.45) is 33.4. The van der Waals surface area contributed by atoms with Crippen molar-refractivity contribution in [3.63, 3.8) is 0 Å². The zero-order valence-electron chi connectivity index (χ0n) is 32.4. The molecule has 276 valence electrons. The van der Waals surface area contributed by atoms with Crippen molar-refractivity contribution in [3.8, 4) is 0 Å². The third-order valence-corrected chi connectivity index (χ3v) is 11.5. The van der Waals surface area contributed by atoms with Crippen LogP contribution in [0.4, 0.5) is 17.1 Å². The topological polar surface area (TPSA) is 3.24 Å². The predicted molar refractivity (Wildman–Crippen MR) is 248 cm³/mol. The molecule has 3 aliphatic carbocycles. The Morgan fingerprint density at radius 2 is 1.33 bits per heavy atom. The van der Waals surface area contributed by atoms with Crippen LogP contribution in [0.2, 0.25) is 0 Å². The van der Waals surface area contributed by atoms with Crippen molar-refractivity contribution in [1.29, 1.82) is 0 Å². The van der Waals surface area contributed by atoms with Gasteiger partial charge in [0.1, 0.15) is 0 Å². The first-order chi connectivity index (χ1) is 28.2. The van der Waals surface area contributed by atoms with E-state index in [0.29, 0.717) is 0 Å². The number of hydrogen-bond donors (Lipinski definition) is 0. The van der Waals surface area contributed by atoms with E-state index in [0.717, 1.165) is 61.2 Å². The summed E-state index contributed by atoms with van der Waals surface area (Å²) in [5, 5.41) is 4.97. The summed E-state index contributed by atoms with van der Waals surface area (Å²) < 4.78 is 0. The van der Waals surface area contributed by atoms with Crippen molar-refractivity contribution >= 4 is 61.4 Å². The van der Waals surface area contributed by atoms with Gasteiger partial charge >= 0.3 is 0 Å². The van der Waals surface area contributed by atoms with Crippen LogP contribution in [0.3, 0.4) is 0 Å². The Balaban J connectivity index is 1.23. The minimum Gasteiger partial charge on any atom is -0.310 e. The molecule has 0 radical (unpaired) electrons. The second-order valence-electron chi connectivity index (χ2n) is 15.1. The molecule has 0 atom stereocenters. The van der Waals surface area contributed by atoms with Crippen LogP contribution in [0.25, 0.3) is 44.3 Å². The van der Waals surface area contributed by atoms with Gasteiger partial charge in [0, 0.05) is 16.8 Å². The minimum atomic E-state index is 0.976. The van der Waals surface area contributed by atoms with Gasteiger partial charge < -0.3 is 4.90 Å². The van der Waals surface area contributed by atoms with Crippen molar-refractivity contribution in [3.05, 3.63) is 234 Å². The van der Waals surface area contributed by atoms with Crippen LogP contribution < -0.4 is 4.90 Å². The highest BCUT2D eigenvalue weighted by atomic mass is 15.1. The van der Waals surface area contributed by atoms with Gasteiger partial charge in [0.15, 0.2) is 0 Å². The van der Waals surface area contributed by atoms with Gasteiger partial charge in [-0.15, -0.1) is 0 Å². The van der Waals surface area contributed by atoms with Gasteiger partial charge in [-0.25, -0.2) is 0 Å². The Morgan fingerprint density at radius 1 is 0.596 bits per heavy atom. The van der Waals surface area contributed by atoms with Crippen molar-refractivity contribution in [1.82, 2.24) is 0 Å². The average Bonchev–Trinajstić information content (AvgIpc) is 3.29. The van der Waals surface area contributed by atoms with Crippen LogP contribution in [-0.2, 0) is 0 Å². The molecule has 3 aliphatic rings. The molecule has 0 heterocycles. The van der Waals surface area contributed by atoms with E-state index in [-0.39, 0.29) is 0 Å². The predicted octanol–water partition coefficient (Wildman–Crippen LogP) is 15.9. The molecule has 9 rings (SSSR count). The molecule has 0 fully saturated rings. The molecule has 1 nitrogen and oxygen atoms in total. The lowest BCUT2D eigenvalue weighted by molar-refractivity contribution is 0.905. The number of allylic oxidation sites excluding steroid dienone is 16. The summed E-state index contributed by atoms with van der Waals surface area (Å²) >= 11 is 0. The first-order valence-electron chi connectivity index (χ1n) is 20.4. The number of rotatable bonds is 10. The highest BCUT2D eigenvalue weighted by Gasteiger charge is 2.22. The van der Waals surface area contributed by atoms with Crippen LogP contribution >= 0.6 is 0 Å². The normalized spacial score (nSPS) is 15.7. The van der Waals surface area contributed by atoms with E-state index in [2.05, 4.69) is 206 Å². The SMILES string of the molecule is C=C/C(=C\C=C\c1ccccc1)c1ccc(N(c2ccc(C3=CCCC=C3)cc2)c2cc3ccccc3c3ccccc23)cc1C1=CC=C(C2=CC=CCC2)CC1. The summed E-state index contributed by atoms with van der Waals surface area (Å²) in [6.45, 7) is 4.32. The monoisotopic (exact) mass is 733 g/mol. The van der Waals surface area contributed by atoms with Gasteiger partial charge in [0.25, 0.3) is 0 Å². The number of fused-ring (bicyclic) bond motifs is 3. The maximum absolute atomic E-state index is 4.32. The zero-order valence-corrected chi connectivity index (χ0v) is 32.4. The van der Waals surface area contributed by atoms with Gasteiger partial charge in [0.2, 0.25) is 0 Å². The number of nitrogens with zero attached hydrogens (tertiary/aromatic N) is 1. The first-order valence-corrected chi connectivity index (χ1v) is 20.4. The molecule has 0 amide bonds. The van der Waals surface area contributed by atoms with Crippen LogP contribution in [-0.4, -0.2) is 0 Å². The average molecular weight is 734 g/mol. The van der Waals surface area contributed by atoms with Gasteiger partial charge in [-0.3, -0.25) is 0 Å². The van der Waals surface area contributed by atoms with Crippen molar-refractivity contribution < 1.29 is 0 Å². The lowest BCUT2D eigenvalue weighted by Gasteiger charge is -2.29. The largest absolute Gasteiger partial charge is 0.310 e. The summed E-state index contributed by atoms with van der Waals surface area (Å²) in [6, 6.07) is 46.6. The molecule has 6 aromatic carbocycles. The van der Waals surface area contributed by atoms with Crippen LogP contribution in [0.1, 0.15) is 60.8 Å². The Hall–Kier alpha value is -6.70. The van der Waals surface area contributed by atoms with E-state index in [9.17, 15) is 0 Å². The van der Waals surface area contributed by atoms with Crippen molar-refractivity contribution in [2.24, 2.45) is 0 Å². The second-order valence-corrected chi connectivity index (χ2v) is 15.1. The van der Waals surface area contributed by atoms with E-state index in [1.54, 1.807) is 0 Å². The molecular weight excluding hydrogens is 687 g/mol. The highest BCUT2D eigenvalue weighted by molar-refractivity contribution is 6.14.